The fourth-order valence-electron chi connectivity index (χ4n) is 8.64. The van der Waals surface area contributed by atoms with Gasteiger partial charge in [-0.05, 0) is 92.3 Å². The Balaban J connectivity index is 1.39. The molecule has 0 heterocycles. The average molecular weight is 461 g/mol. The highest BCUT2D eigenvalue weighted by atomic mass is 16.6. The van der Waals surface area contributed by atoms with Crippen molar-refractivity contribution in [1.82, 2.24) is 0 Å². The van der Waals surface area contributed by atoms with Crippen LogP contribution in [0.5, 0.6) is 0 Å². The van der Waals surface area contributed by atoms with E-state index < -0.39 is 0 Å². The molecule has 6 atom stereocenters. The third kappa shape index (κ3) is 3.71. The minimum absolute atomic E-state index is 0.0302. The molecule has 3 saturated carbocycles. The molecule has 0 bridgehead atoms. The molecule has 0 aliphatic heterocycles. The van der Waals surface area contributed by atoms with Crippen molar-refractivity contribution in [3.8, 4) is 0 Å². The molecular weight excluding hydrogens is 420 g/mol. The molecule has 0 radical (unpaired) electrons. The Hall–Kier alpha value is -2.16. The van der Waals surface area contributed by atoms with Crippen molar-refractivity contribution in [2.45, 2.75) is 90.6 Å². The zero-order valence-corrected chi connectivity index (χ0v) is 21.1. The molecule has 4 aliphatic rings. The largest absolute Gasteiger partial charge is 0.455 e. The number of ether oxygens (including phenoxy) is 1. The number of ketones is 1. The van der Waals surface area contributed by atoms with E-state index in [1.807, 2.05) is 42.5 Å². The summed E-state index contributed by atoms with van der Waals surface area (Å²) in [5.74, 6) is 2.05. The molecule has 0 amide bonds. The Morgan fingerprint density at radius 1 is 1.03 bits per heavy atom. The van der Waals surface area contributed by atoms with Crippen LogP contribution in [0.2, 0.25) is 0 Å². The molecule has 0 N–H and O–H groups in total. The van der Waals surface area contributed by atoms with Crippen LogP contribution in [0.4, 0.5) is 0 Å². The topological polar surface area (TPSA) is 43.4 Å². The summed E-state index contributed by atoms with van der Waals surface area (Å²) >= 11 is 0. The van der Waals surface area contributed by atoms with Gasteiger partial charge in [-0.25, -0.2) is 4.79 Å². The van der Waals surface area contributed by atoms with Crippen LogP contribution in [0.25, 0.3) is 6.08 Å². The van der Waals surface area contributed by atoms with Crippen molar-refractivity contribution < 1.29 is 14.3 Å². The molecule has 0 spiro atoms. The maximum atomic E-state index is 13.1. The predicted molar refractivity (Wildman–Crippen MR) is 136 cm³/mol. The van der Waals surface area contributed by atoms with Crippen LogP contribution in [0.1, 0.15) is 90.5 Å². The van der Waals surface area contributed by atoms with Crippen molar-refractivity contribution in [3.63, 3.8) is 0 Å². The second-order valence-electron chi connectivity index (χ2n) is 11.9. The molecule has 1 aromatic rings. The summed E-state index contributed by atoms with van der Waals surface area (Å²) < 4.78 is 6.48. The Labute approximate surface area is 205 Å². The summed E-state index contributed by atoms with van der Waals surface area (Å²) in [6, 6.07) is 9.96. The molecule has 34 heavy (non-hydrogen) atoms. The van der Waals surface area contributed by atoms with Crippen LogP contribution in [-0.4, -0.2) is 17.4 Å². The third-order valence-corrected chi connectivity index (χ3v) is 10.4. The van der Waals surface area contributed by atoms with Crippen LogP contribution in [0, 0.1) is 28.6 Å². The van der Waals surface area contributed by atoms with Gasteiger partial charge >= 0.3 is 5.97 Å². The smallest absolute Gasteiger partial charge is 0.331 e. The minimum Gasteiger partial charge on any atom is -0.455 e. The van der Waals surface area contributed by atoms with E-state index in [0.29, 0.717) is 30.0 Å². The number of carbonyl (C=O) groups is 2. The lowest BCUT2D eigenvalue weighted by atomic mass is 9.46. The molecule has 1 unspecified atom stereocenters. The summed E-state index contributed by atoms with van der Waals surface area (Å²) in [5.41, 5.74) is 2.29. The van der Waals surface area contributed by atoms with Crippen molar-refractivity contribution in [3.05, 3.63) is 53.6 Å². The number of fused-ring (bicyclic) bond motifs is 5. The number of rotatable bonds is 5. The second-order valence-corrected chi connectivity index (χ2v) is 11.9. The molecule has 3 fully saturated rings. The lowest BCUT2D eigenvalue weighted by Crippen LogP contribution is -2.56. The fourth-order valence-corrected chi connectivity index (χ4v) is 8.64. The Morgan fingerprint density at radius 3 is 2.56 bits per heavy atom. The lowest BCUT2D eigenvalue weighted by Gasteiger charge is -2.59. The van der Waals surface area contributed by atoms with Crippen LogP contribution in [-0.2, 0) is 14.3 Å². The van der Waals surface area contributed by atoms with Gasteiger partial charge in [-0.1, -0.05) is 63.1 Å². The zero-order chi connectivity index (χ0) is 24.0. The van der Waals surface area contributed by atoms with Crippen LogP contribution in [0.15, 0.2) is 48.1 Å². The number of carbonyl (C=O) groups excluding carboxylic acids is 2. The summed E-state index contributed by atoms with van der Waals surface area (Å²) in [4.78, 5) is 25.2. The molecule has 3 heteroatoms. The van der Waals surface area contributed by atoms with E-state index in [9.17, 15) is 9.59 Å². The van der Waals surface area contributed by atoms with E-state index in [4.69, 9.17) is 4.74 Å². The van der Waals surface area contributed by atoms with E-state index >= 15 is 0 Å². The molecule has 182 valence electrons. The highest BCUT2D eigenvalue weighted by Crippen LogP contribution is 2.69. The van der Waals surface area contributed by atoms with Gasteiger partial charge in [0, 0.05) is 17.9 Å². The van der Waals surface area contributed by atoms with Gasteiger partial charge in [-0.3, -0.25) is 4.79 Å². The summed E-state index contributed by atoms with van der Waals surface area (Å²) in [7, 11) is 0. The van der Waals surface area contributed by atoms with Gasteiger partial charge in [-0.15, -0.1) is 0 Å². The normalized spacial score (nSPS) is 39.2. The fraction of sp³-hybridized carbons (Fsp3) is 0.613. The van der Waals surface area contributed by atoms with Gasteiger partial charge in [0.15, 0.2) is 5.78 Å². The summed E-state index contributed by atoms with van der Waals surface area (Å²) in [6.07, 6.45) is 15.9. The summed E-state index contributed by atoms with van der Waals surface area (Å²) in [5, 5.41) is 0. The molecule has 0 saturated heterocycles. The maximum Gasteiger partial charge on any atom is 0.331 e. The predicted octanol–water partition coefficient (Wildman–Crippen LogP) is 7.31. The minimum atomic E-state index is -0.366. The number of benzene rings is 1. The van der Waals surface area contributed by atoms with Gasteiger partial charge in [0.2, 0.25) is 0 Å². The van der Waals surface area contributed by atoms with Crippen LogP contribution < -0.4 is 0 Å². The van der Waals surface area contributed by atoms with Gasteiger partial charge in [0.05, 0.1) is 0 Å². The Bertz CT molecular complexity index is 1010. The molecule has 3 nitrogen and oxygen atoms in total. The van der Waals surface area contributed by atoms with Gasteiger partial charge in [0.1, 0.15) is 5.60 Å². The molecule has 1 aromatic carbocycles. The average Bonchev–Trinajstić information content (AvgIpc) is 3.11. The quantitative estimate of drug-likeness (QED) is 0.342. The second kappa shape index (κ2) is 8.81. The SMILES string of the molecule is CCCC1(OC(=O)/C=C/c2ccccc2)CC[C@H]2[C@@H]3CCC4=CC(=O)CC[C@]4(C)[C@@H]3CC[C@@]21C. The first-order valence-electron chi connectivity index (χ1n) is 13.5. The maximum absolute atomic E-state index is 13.1. The van der Waals surface area contributed by atoms with Crippen molar-refractivity contribution in [1.29, 1.82) is 0 Å². The molecule has 0 aromatic heterocycles. The van der Waals surface area contributed by atoms with Gasteiger partial charge in [-0.2, -0.15) is 0 Å². The highest BCUT2D eigenvalue weighted by Gasteiger charge is 2.65. The first kappa shape index (κ1) is 23.6. The van der Waals surface area contributed by atoms with E-state index in [2.05, 4.69) is 20.8 Å². The summed E-state index contributed by atoms with van der Waals surface area (Å²) in [6.45, 7) is 7.09. The lowest BCUT2D eigenvalue weighted by molar-refractivity contribution is -0.181. The van der Waals surface area contributed by atoms with Crippen LogP contribution >= 0.6 is 0 Å². The van der Waals surface area contributed by atoms with Gasteiger partial charge < -0.3 is 4.74 Å². The Morgan fingerprint density at radius 2 is 1.79 bits per heavy atom. The van der Waals surface area contributed by atoms with E-state index in [-0.39, 0.29) is 22.4 Å². The first-order valence-corrected chi connectivity index (χ1v) is 13.5. The number of hydrogen-bond donors (Lipinski definition) is 0. The van der Waals surface area contributed by atoms with E-state index in [1.165, 1.54) is 18.4 Å². The first-order chi connectivity index (χ1) is 16.3. The zero-order valence-electron chi connectivity index (χ0n) is 21.1. The van der Waals surface area contributed by atoms with Crippen molar-refractivity contribution in [2.75, 3.05) is 0 Å². The van der Waals surface area contributed by atoms with E-state index in [1.54, 1.807) is 6.08 Å². The van der Waals surface area contributed by atoms with E-state index in [0.717, 1.165) is 50.5 Å². The number of esters is 1. The Kier molecular flexibility index (Phi) is 6.11. The molecule has 4 aliphatic carbocycles. The van der Waals surface area contributed by atoms with Crippen LogP contribution in [0.3, 0.4) is 0 Å². The number of allylic oxidation sites excluding steroid dienone is 1. The van der Waals surface area contributed by atoms with Crippen molar-refractivity contribution >= 4 is 17.8 Å². The number of hydrogen-bond acceptors (Lipinski definition) is 3. The molecular formula is C31H40O3. The van der Waals surface area contributed by atoms with Crippen molar-refractivity contribution in [2.24, 2.45) is 28.6 Å². The van der Waals surface area contributed by atoms with Gasteiger partial charge in [0.25, 0.3) is 0 Å². The molecule has 5 rings (SSSR count). The highest BCUT2D eigenvalue weighted by molar-refractivity contribution is 5.91. The third-order valence-electron chi connectivity index (χ3n) is 10.4. The standard InChI is InChI=1S/C31H40O3/c1-4-17-31(34-28(33)13-10-22-8-6-5-7-9-22)20-16-27-25-12-11-23-21-24(32)14-18-29(23,2)26(25)15-19-30(27,31)3/h5-10,13,21,25-27H,4,11-12,14-20H2,1-3H3/b13-10+/t25-,26-,27+,29+,30+,31?/m1/s1. The monoisotopic (exact) mass is 460 g/mol.